The predicted octanol–water partition coefficient (Wildman–Crippen LogP) is 8.18. The van der Waals surface area contributed by atoms with Gasteiger partial charge in [-0.2, -0.15) is 0 Å². The molecule has 6 rings (SSSR count). The molecule has 28 heavy (non-hydrogen) atoms. The molecule has 2 heterocycles. The van der Waals surface area contributed by atoms with Gasteiger partial charge in [-0.05, 0) is 65.1 Å². The number of benzene rings is 4. The third-order valence-electron chi connectivity index (χ3n) is 5.96. The molecule has 0 N–H and O–H groups in total. The Kier molecular flexibility index (Phi) is 2.91. The van der Waals surface area contributed by atoms with E-state index >= 15 is 0 Å². The number of hydrogen-bond donors (Lipinski definition) is 0. The molecule has 0 saturated carbocycles. The van der Waals surface area contributed by atoms with Crippen molar-refractivity contribution in [1.29, 1.82) is 0 Å². The molecule has 0 amide bonds. The van der Waals surface area contributed by atoms with Gasteiger partial charge in [0, 0.05) is 21.9 Å². The van der Waals surface area contributed by atoms with Gasteiger partial charge in [-0.15, -0.1) is 0 Å². The van der Waals surface area contributed by atoms with Crippen LogP contribution in [0.3, 0.4) is 0 Å². The van der Waals surface area contributed by atoms with Crippen LogP contribution >= 0.6 is 0 Å². The summed E-state index contributed by atoms with van der Waals surface area (Å²) in [5, 5.41) is 4.63. The normalized spacial score (nSPS) is 12.6. The second-order valence-corrected chi connectivity index (χ2v) is 8.21. The van der Waals surface area contributed by atoms with Crippen LogP contribution in [0.1, 0.15) is 37.8 Å². The molecule has 2 nitrogen and oxygen atoms in total. The van der Waals surface area contributed by atoms with Crippen molar-refractivity contribution in [3.05, 3.63) is 66.2 Å². The van der Waals surface area contributed by atoms with E-state index in [0.717, 1.165) is 60.8 Å². The Morgan fingerprint density at radius 3 is 1.89 bits per heavy atom. The standard InChI is InChI=1S/C26H20O2/c1-13(2)17-9-15-5-7-20-25-23(15)21(11-17)27-19-8-6-16-10-18(14(3)4)12-22(28-20)24(16)26(19)25/h5-12,14H,1H2,2-4H3. The average Bonchev–Trinajstić information content (AvgIpc) is 2.69. The molecule has 4 aromatic rings. The third kappa shape index (κ3) is 1.92. The van der Waals surface area contributed by atoms with Gasteiger partial charge in [0.1, 0.15) is 22.3 Å². The van der Waals surface area contributed by atoms with Gasteiger partial charge in [0.2, 0.25) is 0 Å². The summed E-state index contributed by atoms with van der Waals surface area (Å²) in [5.74, 6) is 0.446. The van der Waals surface area contributed by atoms with Gasteiger partial charge >= 0.3 is 0 Å². The summed E-state index contributed by atoms with van der Waals surface area (Å²) in [6, 6.07) is 17.2. The first-order valence-corrected chi connectivity index (χ1v) is 9.74. The molecule has 0 atom stereocenters. The average molecular weight is 364 g/mol. The van der Waals surface area contributed by atoms with Gasteiger partial charge in [-0.1, -0.05) is 44.2 Å². The van der Waals surface area contributed by atoms with E-state index in [1.807, 2.05) is 6.92 Å². The fourth-order valence-electron chi connectivity index (χ4n) is 4.48. The van der Waals surface area contributed by atoms with Crippen molar-refractivity contribution < 1.29 is 8.83 Å². The molecule has 0 radical (unpaired) electrons. The van der Waals surface area contributed by atoms with Gasteiger partial charge in [0.25, 0.3) is 0 Å². The van der Waals surface area contributed by atoms with E-state index in [4.69, 9.17) is 8.83 Å². The van der Waals surface area contributed by atoms with Crippen LogP contribution in [0.25, 0.3) is 60.6 Å². The molecule has 0 fully saturated rings. The van der Waals surface area contributed by atoms with Crippen LogP contribution in [-0.4, -0.2) is 0 Å². The highest BCUT2D eigenvalue weighted by atomic mass is 16.3. The van der Waals surface area contributed by atoms with E-state index in [9.17, 15) is 0 Å². The van der Waals surface area contributed by atoms with Crippen molar-refractivity contribution in [3.63, 3.8) is 0 Å². The Labute approximate surface area is 162 Å². The van der Waals surface area contributed by atoms with E-state index in [-0.39, 0.29) is 0 Å². The minimum absolute atomic E-state index is 0.446. The lowest BCUT2D eigenvalue weighted by molar-refractivity contribution is 0.645. The molecule has 0 aliphatic carbocycles. The SMILES string of the molecule is C=C(C)c1cc2ccc3oc4cc(C(C)C)cc5ccc6oc(c1)c2c3-c6c54. The highest BCUT2D eigenvalue weighted by Crippen LogP contribution is 2.48. The third-order valence-corrected chi connectivity index (χ3v) is 5.96. The molecule has 4 aromatic carbocycles. The monoisotopic (exact) mass is 364 g/mol. The Morgan fingerprint density at radius 2 is 1.32 bits per heavy atom. The fourth-order valence-corrected chi connectivity index (χ4v) is 4.48. The molecule has 0 aromatic heterocycles. The highest BCUT2D eigenvalue weighted by molar-refractivity contribution is 6.23. The number of hydrogen-bond acceptors (Lipinski definition) is 2. The largest absolute Gasteiger partial charge is 0.456 e. The Bertz CT molecular complexity index is 1510. The van der Waals surface area contributed by atoms with Crippen LogP contribution in [0.2, 0.25) is 0 Å². The molecular weight excluding hydrogens is 344 g/mol. The fraction of sp³-hybridized carbons (Fsp3) is 0.154. The highest BCUT2D eigenvalue weighted by Gasteiger charge is 2.25. The van der Waals surface area contributed by atoms with Gasteiger partial charge < -0.3 is 8.83 Å². The maximum absolute atomic E-state index is 6.44. The van der Waals surface area contributed by atoms with E-state index in [0.29, 0.717) is 5.92 Å². The van der Waals surface area contributed by atoms with E-state index < -0.39 is 0 Å². The molecule has 136 valence electrons. The van der Waals surface area contributed by atoms with Crippen LogP contribution in [0, 0.1) is 0 Å². The minimum atomic E-state index is 0.446. The quantitative estimate of drug-likeness (QED) is 0.229. The van der Waals surface area contributed by atoms with Gasteiger partial charge in [0.15, 0.2) is 0 Å². The van der Waals surface area contributed by atoms with Crippen LogP contribution < -0.4 is 0 Å². The summed E-state index contributed by atoms with van der Waals surface area (Å²) in [6.45, 7) is 10.6. The summed E-state index contributed by atoms with van der Waals surface area (Å²) in [6.07, 6.45) is 0. The molecule has 0 saturated heterocycles. The Morgan fingerprint density at radius 1 is 0.750 bits per heavy atom. The first-order chi connectivity index (χ1) is 13.5. The lowest BCUT2D eigenvalue weighted by atomic mass is 9.88. The first kappa shape index (κ1) is 15.8. The zero-order chi connectivity index (χ0) is 19.2. The summed E-state index contributed by atoms with van der Waals surface area (Å²) in [7, 11) is 0. The molecule has 2 aliphatic heterocycles. The second kappa shape index (κ2) is 5.17. The summed E-state index contributed by atoms with van der Waals surface area (Å²) in [5.41, 5.74) is 9.34. The number of rotatable bonds is 2. The van der Waals surface area contributed by atoms with Crippen molar-refractivity contribution in [1.82, 2.24) is 0 Å². The topological polar surface area (TPSA) is 26.3 Å². The molecule has 0 spiro atoms. The molecule has 2 aliphatic rings. The van der Waals surface area contributed by atoms with Crippen LogP contribution in [0.5, 0.6) is 0 Å². The minimum Gasteiger partial charge on any atom is -0.456 e. The maximum Gasteiger partial charge on any atom is 0.136 e. The Hall–Kier alpha value is -3.26. The van der Waals surface area contributed by atoms with Crippen LogP contribution in [0.4, 0.5) is 0 Å². The molecule has 0 unspecified atom stereocenters. The molecule has 0 bridgehead atoms. The predicted molar refractivity (Wildman–Crippen MR) is 118 cm³/mol. The zero-order valence-corrected chi connectivity index (χ0v) is 16.2. The Balaban J connectivity index is 1.89. The van der Waals surface area contributed by atoms with Crippen molar-refractivity contribution in [3.8, 4) is 11.1 Å². The smallest absolute Gasteiger partial charge is 0.136 e. The van der Waals surface area contributed by atoms with Crippen molar-refractivity contribution in [2.75, 3.05) is 0 Å². The molecule has 2 heteroatoms. The maximum atomic E-state index is 6.44. The van der Waals surface area contributed by atoms with E-state index in [1.165, 1.54) is 10.9 Å². The van der Waals surface area contributed by atoms with Crippen LogP contribution in [-0.2, 0) is 0 Å². The van der Waals surface area contributed by atoms with Gasteiger partial charge in [-0.3, -0.25) is 0 Å². The number of allylic oxidation sites excluding steroid dienone is 1. The van der Waals surface area contributed by atoms with Crippen molar-refractivity contribution in [2.24, 2.45) is 0 Å². The lowest BCUT2D eigenvalue weighted by Crippen LogP contribution is -1.96. The second-order valence-electron chi connectivity index (χ2n) is 8.21. The summed E-state index contributed by atoms with van der Waals surface area (Å²) >= 11 is 0. The van der Waals surface area contributed by atoms with Crippen molar-refractivity contribution >= 4 is 49.5 Å². The molecular formula is C26H20O2. The van der Waals surface area contributed by atoms with Gasteiger partial charge in [0.05, 0.1) is 0 Å². The first-order valence-electron chi connectivity index (χ1n) is 9.74. The van der Waals surface area contributed by atoms with E-state index in [1.54, 1.807) is 0 Å². The van der Waals surface area contributed by atoms with E-state index in [2.05, 4.69) is 69.0 Å². The summed E-state index contributed by atoms with van der Waals surface area (Å²) < 4.78 is 12.8. The zero-order valence-electron chi connectivity index (χ0n) is 16.2. The van der Waals surface area contributed by atoms with Crippen molar-refractivity contribution in [2.45, 2.75) is 26.7 Å². The van der Waals surface area contributed by atoms with Crippen LogP contribution in [0.15, 0.2) is 63.9 Å². The van der Waals surface area contributed by atoms with Gasteiger partial charge in [-0.25, -0.2) is 0 Å². The summed E-state index contributed by atoms with van der Waals surface area (Å²) in [4.78, 5) is 0. The lowest BCUT2D eigenvalue weighted by Gasteiger charge is -2.21.